The second-order valence-corrected chi connectivity index (χ2v) is 5.47. The van der Waals surface area contributed by atoms with E-state index in [2.05, 4.69) is 6.92 Å². The quantitative estimate of drug-likeness (QED) is 0.382. The summed E-state index contributed by atoms with van der Waals surface area (Å²) in [5.41, 5.74) is 0. The first-order valence-electron chi connectivity index (χ1n) is 7.19. The number of likely N-dealkylation sites (tertiary alicyclic amines) is 1. The molecule has 5 heteroatoms. The molecule has 1 heterocycles. The van der Waals surface area contributed by atoms with Gasteiger partial charge in [-0.2, -0.15) is 0 Å². The van der Waals surface area contributed by atoms with Gasteiger partial charge in [0.1, 0.15) is 6.29 Å². The first-order chi connectivity index (χ1) is 9.54. The summed E-state index contributed by atoms with van der Waals surface area (Å²) in [6.07, 6.45) is 6.34. The van der Waals surface area contributed by atoms with Crippen molar-refractivity contribution in [1.29, 1.82) is 0 Å². The van der Waals surface area contributed by atoms with Crippen LogP contribution in [0.2, 0.25) is 0 Å². The van der Waals surface area contributed by atoms with Gasteiger partial charge < -0.3 is 9.80 Å². The number of hydrogen-bond acceptors (Lipinski definition) is 3. The Kier molecular flexibility index (Phi) is 6.98. The topological polar surface area (TPSA) is 57.7 Å². The molecule has 20 heavy (non-hydrogen) atoms. The van der Waals surface area contributed by atoms with E-state index in [9.17, 15) is 14.4 Å². The zero-order chi connectivity index (χ0) is 15.0. The minimum Gasteiger partial charge on any atom is -0.342 e. The number of likely N-dealkylation sites (N-methyl/N-ethyl adjacent to an activating group) is 1. The van der Waals surface area contributed by atoms with Gasteiger partial charge in [0.2, 0.25) is 11.8 Å². The lowest BCUT2D eigenvalue weighted by Crippen LogP contribution is -2.48. The summed E-state index contributed by atoms with van der Waals surface area (Å²) >= 11 is 0. The van der Waals surface area contributed by atoms with Crippen molar-refractivity contribution in [2.75, 3.05) is 26.7 Å². The monoisotopic (exact) mass is 280 g/mol. The van der Waals surface area contributed by atoms with Crippen LogP contribution >= 0.6 is 0 Å². The predicted octanol–water partition coefficient (Wildman–Crippen LogP) is 1.24. The van der Waals surface area contributed by atoms with E-state index in [4.69, 9.17) is 0 Å². The van der Waals surface area contributed by atoms with Crippen LogP contribution in [-0.2, 0) is 14.4 Å². The zero-order valence-corrected chi connectivity index (χ0v) is 12.4. The third-order valence-electron chi connectivity index (χ3n) is 3.49. The third-order valence-corrected chi connectivity index (χ3v) is 3.49. The lowest BCUT2D eigenvalue weighted by molar-refractivity contribution is -0.137. The molecule has 0 N–H and O–H groups in total. The number of rotatable bonds is 8. The summed E-state index contributed by atoms with van der Waals surface area (Å²) in [6, 6.07) is 0. The normalized spacial score (nSPS) is 15.2. The van der Waals surface area contributed by atoms with Gasteiger partial charge >= 0.3 is 0 Å². The van der Waals surface area contributed by atoms with Crippen molar-refractivity contribution in [3.63, 3.8) is 0 Å². The van der Waals surface area contributed by atoms with E-state index in [1.54, 1.807) is 11.9 Å². The Morgan fingerprint density at radius 3 is 2.55 bits per heavy atom. The molecule has 0 aromatic rings. The van der Waals surface area contributed by atoms with Gasteiger partial charge in [0, 0.05) is 39.2 Å². The van der Waals surface area contributed by atoms with Gasteiger partial charge in [-0.05, 0) is 24.8 Å². The molecule has 5 nitrogen and oxygen atoms in total. The smallest absolute Gasteiger partial charge is 0.246 e. The summed E-state index contributed by atoms with van der Waals surface area (Å²) in [7, 11) is 1.71. The average Bonchev–Trinajstić information content (AvgIpc) is 2.40. The van der Waals surface area contributed by atoms with Crippen LogP contribution in [0.3, 0.4) is 0 Å². The van der Waals surface area contributed by atoms with Crippen LogP contribution < -0.4 is 0 Å². The summed E-state index contributed by atoms with van der Waals surface area (Å²) in [5.74, 6) is 0.738. The number of unbranched alkanes of at least 4 members (excludes halogenated alkanes) is 2. The maximum Gasteiger partial charge on any atom is 0.246 e. The van der Waals surface area contributed by atoms with Gasteiger partial charge in [-0.15, -0.1) is 0 Å². The first kappa shape index (κ1) is 16.4. The SMILES string of the molecule is CC1CN(C(=O)CCCCCN(C)C(=O)/C=C\C=O)C1. The van der Waals surface area contributed by atoms with Crippen LogP contribution in [-0.4, -0.2) is 54.6 Å². The minimum atomic E-state index is -0.164. The largest absolute Gasteiger partial charge is 0.342 e. The Morgan fingerprint density at radius 1 is 1.25 bits per heavy atom. The second-order valence-electron chi connectivity index (χ2n) is 5.47. The number of carbonyl (C=O) groups is 3. The highest BCUT2D eigenvalue weighted by Crippen LogP contribution is 2.16. The molecule has 1 aliphatic heterocycles. The van der Waals surface area contributed by atoms with Crippen molar-refractivity contribution in [1.82, 2.24) is 9.80 Å². The van der Waals surface area contributed by atoms with E-state index in [0.29, 0.717) is 25.2 Å². The van der Waals surface area contributed by atoms with E-state index < -0.39 is 0 Å². The summed E-state index contributed by atoms with van der Waals surface area (Å²) < 4.78 is 0. The van der Waals surface area contributed by atoms with Crippen LogP contribution in [0.1, 0.15) is 32.6 Å². The summed E-state index contributed by atoms with van der Waals surface area (Å²) in [4.78, 5) is 36.8. The predicted molar refractivity (Wildman–Crippen MR) is 77.1 cm³/mol. The molecule has 0 radical (unpaired) electrons. The Labute approximate surface area is 120 Å². The van der Waals surface area contributed by atoms with Crippen molar-refractivity contribution in [3.05, 3.63) is 12.2 Å². The van der Waals surface area contributed by atoms with Crippen LogP contribution in [0.4, 0.5) is 0 Å². The molecular formula is C15H24N2O3. The van der Waals surface area contributed by atoms with Gasteiger partial charge in [0.25, 0.3) is 0 Å². The van der Waals surface area contributed by atoms with Crippen molar-refractivity contribution >= 4 is 18.1 Å². The van der Waals surface area contributed by atoms with E-state index in [-0.39, 0.29) is 11.8 Å². The fraction of sp³-hybridized carbons (Fsp3) is 0.667. The van der Waals surface area contributed by atoms with Crippen molar-refractivity contribution in [2.45, 2.75) is 32.6 Å². The van der Waals surface area contributed by atoms with Gasteiger partial charge in [0.15, 0.2) is 0 Å². The molecule has 0 saturated carbocycles. The number of allylic oxidation sites excluding steroid dienone is 1. The highest BCUT2D eigenvalue weighted by Gasteiger charge is 2.26. The number of amides is 2. The molecule has 2 amide bonds. The molecule has 1 aliphatic rings. The lowest BCUT2D eigenvalue weighted by atomic mass is 10.0. The van der Waals surface area contributed by atoms with Crippen molar-refractivity contribution < 1.29 is 14.4 Å². The van der Waals surface area contributed by atoms with Crippen molar-refractivity contribution in [2.24, 2.45) is 5.92 Å². The lowest BCUT2D eigenvalue weighted by Gasteiger charge is -2.37. The van der Waals surface area contributed by atoms with E-state index in [1.165, 1.54) is 12.2 Å². The summed E-state index contributed by atoms with van der Waals surface area (Å²) in [6.45, 7) is 4.60. The standard InChI is InChI=1S/C15H24N2O3/c1-13-11-17(12-13)15(20)7-4-3-5-9-16(2)14(19)8-6-10-18/h6,8,10,13H,3-5,7,9,11-12H2,1-2H3/b8-6-. The Bertz CT molecular complexity index is 373. The third kappa shape index (κ3) is 5.55. The first-order valence-corrected chi connectivity index (χ1v) is 7.19. The molecule has 0 atom stereocenters. The van der Waals surface area contributed by atoms with E-state index in [1.807, 2.05) is 4.90 Å². The van der Waals surface area contributed by atoms with Crippen LogP contribution in [0.25, 0.3) is 0 Å². The maximum absolute atomic E-state index is 11.7. The van der Waals surface area contributed by atoms with Gasteiger partial charge in [-0.1, -0.05) is 13.3 Å². The molecule has 0 spiro atoms. The highest BCUT2D eigenvalue weighted by atomic mass is 16.2. The fourth-order valence-corrected chi connectivity index (χ4v) is 2.22. The highest BCUT2D eigenvalue weighted by molar-refractivity contribution is 5.90. The molecule has 112 valence electrons. The van der Waals surface area contributed by atoms with Crippen molar-refractivity contribution in [3.8, 4) is 0 Å². The zero-order valence-electron chi connectivity index (χ0n) is 12.4. The summed E-state index contributed by atoms with van der Waals surface area (Å²) in [5, 5.41) is 0. The molecule has 1 rings (SSSR count). The van der Waals surface area contributed by atoms with E-state index >= 15 is 0 Å². The Balaban J connectivity index is 2.04. The number of aldehydes is 1. The van der Waals surface area contributed by atoms with Gasteiger partial charge in [0.05, 0.1) is 0 Å². The minimum absolute atomic E-state index is 0.164. The Morgan fingerprint density at radius 2 is 1.95 bits per heavy atom. The van der Waals surface area contributed by atoms with Crippen LogP contribution in [0.15, 0.2) is 12.2 Å². The molecule has 0 aromatic heterocycles. The second kappa shape index (κ2) is 8.51. The Hall–Kier alpha value is -1.65. The molecule has 0 bridgehead atoms. The number of carbonyl (C=O) groups excluding carboxylic acids is 3. The number of hydrogen-bond donors (Lipinski definition) is 0. The molecular weight excluding hydrogens is 256 g/mol. The molecule has 0 unspecified atom stereocenters. The molecule has 1 fully saturated rings. The average molecular weight is 280 g/mol. The maximum atomic E-state index is 11.7. The van der Waals surface area contributed by atoms with Gasteiger partial charge in [-0.3, -0.25) is 14.4 Å². The molecule has 1 saturated heterocycles. The molecule has 0 aliphatic carbocycles. The fourth-order valence-electron chi connectivity index (χ4n) is 2.22. The molecule has 0 aromatic carbocycles. The van der Waals surface area contributed by atoms with Crippen LogP contribution in [0.5, 0.6) is 0 Å². The number of nitrogens with zero attached hydrogens (tertiary/aromatic N) is 2. The van der Waals surface area contributed by atoms with Crippen LogP contribution in [0, 0.1) is 5.92 Å². The van der Waals surface area contributed by atoms with Gasteiger partial charge in [-0.25, -0.2) is 0 Å². The van der Waals surface area contributed by atoms with E-state index in [0.717, 1.165) is 32.4 Å².